The summed E-state index contributed by atoms with van der Waals surface area (Å²) in [6.45, 7) is 5.92. The van der Waals surface area contributed by atoms with Crippen molar-refractivity contribution in [1.82, 2.24) is 40.2 Å². The Morgan fingerprint density at radius 2 is 2.32 bits per heavy atom. The van der Waals surface area contributed by atoms with E-state index in [4.69, 9.17) is 4.74 Å². The number of nitrogens with zero attached hydrogens (tertiary/aromatic N) is 7. The van der Waals surface area contributed by atoms with Crippen LogP contribution in [0.4, 0.5) is 0 Å². The van der Waals surface area contributed by atoms with Crippen LogP contribution in [0.1, 0.15) is 30.1 Å². The summed E-state index contributed by atoms with van der Waals surface area (Å²) < 4.78 is 7.19. The summed E-state index contributed by atoms with van der Waals surface area (Å²) >= 11 is 0. The number of hydrogen-bond donors (Lipinski definition) is 1. The molecule has 134 valence electrons. The topological polar surface area (TPSA) is 105 Å². The Hall–Kier alpha value is -2.33. The molecule has 0 aliphatic carbocycles. The standard InChI is InChI=1S/C15H22N8O2/c1-2-3-11-8-25-9-12-7-21(4-5-22(11)12)15(24)13-6-16-18-14(13)23-10-17-19-20-23/h6,10-12H,2-5,7-9H2,1H3,(H,16,18)/t11-,12+/m0/s1. The molecular formula is C15H22N8O2. The number of tetrazole rings is 1. The lowest BCUT2D eigenvalue weighted by Crippen LogP contribution is -2.62. The zero-order valence-electron chi connectivity index (χ0n) is 14.2. The number of hydrogen-bond acceptors (Lipinski definition) is 7. The number of H-pyrrole nitrogens is 1. The number of nitrogens with one attached hydrogen (secondary N) is 1. The molecule has 2 saturated heterocycles. The molecule has 2 aliphatic rings. The second-order valence-corrected chi connectivity index (χ2v) is 6.51. The van der Waals surface area contributed by atoms with Crippen LogP contribution in [0, 0.1) is 0 Å². The third-order valence-electron chi connectivity index (χ3n) is 4.95. The van der Waals surface area contributed by atoms with Crippen molar-refractivity contribution in [1.29, 1.82) is 0 Å². The molecule has 0 aromatic carbocycles. The maximum Gasteiger partial charge on any atom is 0.259 e. The first-order valence-electron chi connectivity index (χ1n) is 8.67. The van der Waals surface area contributed by atoms with Gasteiger partial charge in [0.2, 0.25) is 0 Å². The van der Waals surface area contributed by atoms with Gasteiger partial charge in [0, 0.05) is 25.7 Å². The summed E-state index contributed by atoms with van der Waals surface area (Å²) in [5, 5.41) is 17.8. The number of piperazine rings is 1. The van der Waals surface area contributed by atoms with Crippen LogP contribution >= 0.6 is 0 Å². The molecule has 10 nitrogen and oxygen atoms in total. The fourth-order valence-electron chi connectivity index (χ4n) is 3.75. The molecular weight excluding hydrogens is 324 g/mol. The lowest BCUT2D eigenvalue weighted by Gasteiger charge is -2.48. The number of rotatable bonds is 4. The van der Waals surface area contributed by atoms with Gasteiger partial charge in [-0.3, -0.25) is 14.8 Å². The number of morpholine rings is 1. The van der Waals surface area contributed by atoms with E-state index < -0.39 is 0 Å². The van der Waals surface area contributed by atoms with E-state index in [1.165, 1.54) is 17.2 Å². The predicted octanol–water partition coefficient (Wildman–Crippen LogP) is -0.289. The number of amides is 1. The first-order valence-corrected chi connectivity index (χ1v) is 8.67. The highest BCUT2D eigenvalue weighted by molar-refractivity contribution is 5.97. The van der Waals surface area contributed by atoms with Gasteiger partial charge in [0.25, 0.3) is 5.91 Å². The van der Waals surface area contributed by atoms with E-state index in [1.54, 1.807) is 0 Å². The molecule has 2 aromatic heterocycles. The zero-order chi connectivity index (χ0) is 17.2. The molecule has 1 N–H and O–H groups in total. The Morgan fingerprint density at radius 3 is 3.12 bits per heavy atom. The van der Waals surface area contributed by atoms with Gasteiger partial charge in [-0.15, -0.1) is 5.10 Å². The number of fused-ring (bicyclic) bond motifs is 1. The smallest absolute Gasteiger partial charge is 0.259 e. The number of carbonyl (C=O) groups is 1. The van der Waals surface area contributed by atoms with Crippen molar-refractivity contribution >= 4 is 5.91 Å². The predicted molar refractivity (Wildman–Crippen MR) is 87.2 cm³/mol. The molecule has 2 aliphatic heterocycles. The van der Waals surface area contributed by atoms with Crippen LogP contribution < -0.4 is 0 Å². The molecule has 25 heavy (non-hydrogen) atoms. The van der Waals surface area contributed by atoms with Crippen LogP contribution in [0.15, 0.2) is 12.5 Å². The second-order valence-electron chi connectivity index (χ2n) is 6.51. The van der Waals surface area contributed by atoms with Crippen molar-refractivity contribution in [3.8, 4) is 5.82 Å². The Balaban J connectivity index is 1.49. The van der Waals surface area contributed by atoms with Crippen LogP contribution in [0.3, 0.4) is 0 Å². The molecule has 10 heteroatoms. The quantitative estimate of drug-likeness (QED) is 0.811. The summed E-state index contributed by atoms with van der Waals surface area (Å²) in [5.74, 6) is 0.428. The summed E-state index contributed by atoms with van der Waals surface area (Å²) in [7, 11) is 0. The van der Waals surface area contributed by atoms with Crippen LogP contribution in [0.25, 0.3) is 5.82 Å². The minimum absolute atomic E-state index is 0.0588. The Bertz CT molecular complexity index is 713. The summed E-state index contributed by atoms with van der Waals surface area (Å²) in [6.07, 6.45) is 5.25. The third-order valence-corrected chi connectivity index (χ3v) is 4.95. The van der Waals surface area contributed by atoms with Gasteiger partial charge in [-0.25, -0.2) is 0 Å². The van der Waals surface area contributed by atoms with Gasteiger partial charge in [0.05, 0.1) is 25.5 Å². The first kappa shape index (κ1) is 16.2. The molecule has 2 aromatic rings. The van der Waals surface area contributed by atoms with Crippen molar-refractivity contribution in [2.75, 3.05) is 32.8 Å². The molecule has 2 fully saturated rings. The van der Waals surface area contributed by atoms with Crippen molar-refractivity contribution in [2.24, 2.45) is 0 Å². The first-order chi connectivity index (χ1) is 12.3. The number of aromatic amines is 1. The third kappa shape index (κ3) is 3.02. The summed E-state index contributed by atoms with van der Waals surface area (Å²) in [4.78, 5) is 17.4. The Morgan fingerprint density at radius 1 is 1.40 bits per heavy atom. The van der Waals surface area contributed by atoms with Crippen LogP contribution in [-0.4, -0.2) is 91.0 Å². The highest BCUT2D eigenvalue weighted by Gasteiger charge is 2.37. The fourth-order valence-corrected chi connectivity index (χ4v) is 3.75. The molecule has 0 radical (unpaired) electrons. The highest BCUT2D eigenvalue weighted by Crippen LogP contribution is 2.23. The number of ether oxygens (including phenoxy) is 1. The average Bonchev–Trinajstić information content (AvgIpc) is 3.32. The van der Waals surface area contributed by atoms with E-state index in [2.05, 4.69) is 37.5 Å². The Labute approximate surface area is 145 Å². The normalized spacial score (nSPS) is 24.3. The van der Waals surface area contributed by atoms with Crippen LogP contribution in [0.5, 0.6) is 0 Å². The molecule has 1 amide bonds. The van der Waals surface area contributed by atoms with E-state index in [0.29, 0.717) is 37.1 Å². The van der Waals surface area contributed by atoms with E-state index in [-0.39, 0.29) is 11.9 Å². The summed E-state index contributed by atoms with van der Waals surface area (Å²) in [6, 6.07) is 0.720. The lowest BCUT2D eigenvalue weighted by molar-refractivity contribution is -0.0776. The molecule has 0 saturated carbocycles. The SMILES string of the molecule is CCC[C@H]1COC[C@H]2CN(C(=O)c3cn[nH]c3-n3cnnn3)CCN12. The molecule has 0 bridgehead atoms. The van der Waals surface area contributed by atoms with Crippen LogP contribution in [0.2, 0.25) is 0 Å². The summed E-state index contributed by atoms with van der Waals surface area (Å²) in [5.41, 5.74) is 0.475. The zero-order valence-corrected chi connectivity index (χ0v) is 14.2. The molecule has 4 rings (SSSR count). The highest BCUT2D eigenvalue weighted by atomic mass is 16.5. The monoisotopic (exact) mass is 346 g/mol. The fraction of sp³-hybridized carbons (Fsp3) is 0.667. The number of carbonyl (C=O) groups excluding carboxylic acids is 1. The van der Waals surface area contributed by atoms with Gasteiger partial charge in [0.15, 0.2) is 5.82 Å². The molecule has 0 unspecified atom stereocenters. The molecule has 0 spiro atoms. The van der Waals surface area contributed by atoms with E-state index in [0.717, 1.165) is 26.0 Å². The van der Waals surface area contributed by atoms with Crippen molar-refractivity contribution in [3.05, 3.63) is 18.1 Å². The van der Waals surface area contributed by atoms with E-state index in [9.17, 15) is 4.79 Å². The van der Waals surface area contributed by atoms with Gasteiger partial charge in [-0.2, -0.15) is 9.78 Å². The van der Waals surface area contributed by atoms with Gasteiger partial charge in [0.1, 0.15) is 11.9 Å². The average molecular weight is 346 g/mol. The minimum Gasteiger partial charge on any atom is -0.378 e. The van der Waals surface area contributed by atoms with Crippen LogP contribution in [-0.2, 0) is 4.74 Å². The van der Waals surface area contributed by atoms with E-state index in [1.807, 2.05) is 4.90 Å². The van der Waals surface area contributed by atoms with Crippen molar-refractivity contribution in [3.63, 3.8) is 0 Å². The maximum absolute atomic E-state index is 13.0. The van der Waals surface area contributed by atoms with E-state index >= 15 is 0 Å². The largest absolute Gasteiger partial charge is 0.378 e. The second kappa shape index (κ2) is 6.89. The van der Waals surface area contributed by atoms with Gasteiger partial charge < -0.3 is 9.64 Å². The van der Waals surface area contributed by atoms with Gasteiger partial charge >= 0.3 is 0 Å². The van der Waals surface area contributed by atoms with Gasteiger partial charge in [-0.1, -0.05) is 13.3 Å². The Kier molecular flexibility index (Phi) is 4.45. The minimum atomic E-state index is -0.0588. The lowest BCUT2D eigenvalue weighted by atomic mass is 10.0. The van der Waals surface area contributed by atoms with Crippen molar-refractivity contribution < 1.29 is 9.53 Å². The molecule has 2 atom stereocenters. The molecule has 4 heterocycles. The number of aromatic nitrogens is 6. The van der Waals surface area contributed by atoms with Crippen molar-refractivity contribution in [2.45, 2.75) is 31.8 Å². The van der Waals surface area contributed by atoms with Gasteiger partial charge in [-0.05, 0) is 16.8 Å². The maximum atomic E-state index is 13.0.